The molecular formula is C36H19ClCrN5Na2O9S. The molecule has 263 valence electrons. The van der Waals surface area contributed by atoms with E-state index in [0.29, 0.717) is 10.8 Å². The molecule has 19 heteroatoms. The van der Waals surface area contributed by atoms with E-state index in [0.717, 1.165) is 29.0 Å². The number of hydrogen-bond acceptors (Lipinski definition) is 13. The first-order valence-electron chi connectivity index (χ1n) is 14.9. The fourth-order valence-electron chi connectivity index (χ4n) is 5.24. The van der Waals surface area contributed by atoms with Crippen molar-refractivity contribution in [1.29, 1.82) is 0 Å². The van der Waals surface area contributed by atoms with Gasteiger partial charge < -0.3 is 25.0 Å². The van der Waals surface area contributed by atoms with Crippen molar-refractivity contribution in [3.63, 3.8) is 0 Å². The third kappa shape index (κ3) is 10.00. The number of fused-ring (bicyclic) bond motifs is 3. The fourth-order valence-corrected chi connectivity index (χ4v) is 6.17. The van der Waals surface area contributed by atoms with Gasteiger partial charge in [0.05, 0.1) is 32.6 Å². The smallest absolute Gasteiger partial charge is 0.871 e. The normalized spacial score (nSPS) is 11.1. The second-order valence-corrected chi connectivity index (χ2v) is 12.7. The molecule has 0 fully saturated rings. The van der Waals surface area contributed by atoms with Gasteiger partial charge in [-0.05, 0) is 22.9 Å². The molecule has 1 radical (unpaired) electrons. The molecule has 0 bridgehead atoms. The molecule has 0 N–H and O–H groups in total. The number of rotatable bonds is 6. The van der Waals surface area contributed by atoms with Gasteiger partial charge in [0.1, 0.15) is 15.1 Å². The van der Waals surface area contributed by atoms with E-state index >= 15 is 0 Å². The summed E-state index contributed by atoms with van der Waals surface area (Å²) < 4.78 is 34.5. The van der Waals surface area contributed by atoms with Gasteiger partial charge in [-0.15, -0.1) is 0 Å². The second kappa shape index (κ2) is 19.1. The number of benzene rings is 7. The summed E-state index contributed by atoms with van der Waals surface area (Å²) in [7, 11) is -4.84. The van der Waals surface area contributed by atoms with E-state index in [2.05, 4.69) is 20.5 Å². The SMILES string of the molecule is O=S(=O)([O-])c1cc([O-])c(N=Nc2c([O-])ccc3ccccc23)c2ccccc12.O=[N+]([O-])c1cc([O-])c(N=Nc2c([O-])ccc3ccccc23)cc1Cl.[Cr+3].[Na+].[Na+]. The van der Waals surface area contributed by atoms with Crippen molar-refractivity contribution in [3.8, 4) is 23.0 Å². The summed E-state index contributed by atoms with van der Waals surface area (Å²) in [6, 6.07) is 28.8. The molecule has 7 rings (SSSR count). The minimum Gasteiger partial charge on any atom is -0.871 e. The van der Waals surface area contributed by atoms with E-state index in [1.165, 1.54) is 24.3 Å². The first kappa shape index (κ1) is 45.2. The number of nitro groups is 1. The van der Waals surface area contributed by atoms with Gasteiger partial charge in [-0.25, -0.2) is 8.42 Å². The molecule has 0 atom stereocenters. The van der Waals surface area contributed by atoms with Gasteiger partial charge in [-0.3, -0.25) is 10.1 Å². The molecule has 0 aromatic heterocycles. The average molecular weight is 831 g/mol. The van der Waals surface area contributed by atoms with Crippen molar-refractivity contribution in [2.24, 2.45) is 20.5 Å². The quantitative estimate of drug-likeness (QED) is 0.0773. The van der Waals surface area contributed by atoms with Crippen molar-refractivity contribution in [2.75, 3.05) is 0 Å². The first-order valence-corrected chi connectivity index (χ1v) is 16.7. The summed E-state index contributed by atoms with van der Waals surface area (Å²) in [4.78, 5) is 9.37. The van der Waals surface area contributed by atoms with Gasteiger partial charge in [0.25, 0.3) is 5.69 Å². The number of nitro benzene ring substituents is 1. The maximum absolute atomic E-state index is 12.4. The first-order chi connectivity index (χ1) is 24.8. The Morgan fingerprint density at radius 2 is 0.982 bits per heavy atom. The van der Waals surface area contributed by atoms with Crippen LogP contribution in [0.25, 0.3) is 32.3 Å². The minimum atomic E-state index is -4.84. The Labute approximate surface area is 372 Å². The number of halogens is 1. The van der Waals surface area contributed by atoms with E-state index in [1.54, 1.807) is 48.5 Å². The maximum Gasteiger partial charge on any atom is 3.00 e. The molecule has 0 heterocycles. The van der Waals surface area contributed by atoms with Gasteiger partial charge in [0, 0.05) is 27.6 Å². The molecule has 0 unspecified atom stereocenters. The van der Waals surface area contributed by atoms with Crippen LogP contribution in [0, 0.1) is 10.1 Å². The van der Waals surface area contributed by atoms with Crippen molar-refractivity contribution in [3.05, 3.63) is 130 Å². The Balaban J connectivity index is 0.000000283. The van der Waals surface area contributed by atoms with Crippen LogP contribution in [-0.2, 0) is 27.5 Å². The second-order valence-electron chi connectivity index (χ2n) is 10.9. The van der Waals surface area contributed by atoms with Gasteiger partial charge in [0.15, 0.2) is 0 Å². The van der Waals surface area contributed by atoms with Crippen LogP contribution >= 0.6 is 11.6 Å². The molecule has 0 aliphatic heterocycles. The fraction of sp³-hybridized carbons (Fsp3) is 0. The maximum atomic E-state index is 12.4. The van der Waals surface area contributed by atoms with Crippen LogP contribution in [0.3, 0.4) is 0 Å². The van der Waals surface area contributed by atoms with Gasteiger partial charge in [-0.2, -0.15) is 20.5 Å². The Kier molecular flexibility index (Phi) is 15.7. The zero-order valence-electron chi connectivity index (χ0n) is 28.6. The molecule has 0 aliphatic rings. The summed E-state index contributed by atoms with van der Waals surface area (Å²) in [5.74, 6) is -2.19. The van der Waals surface area contributed by atoms with Gasteiger partial charge in [0.2, 0.25) is 0 Å². The largest absolute Gasteiger partial charge is 3.00 e. The van der Waals surface area contributed by atoms with Crippen molar-refractivity contribution in [2.45, 2.75) is 4.90 Å². The summed E-state index contributed by atoms with van der Waals surface area (Å²) >= 11 is 5.76. The Bertz CT molecular complexity index is 2740. The van der Waals surface area contributed by atoms with E-state index in [4.69, 9.17) is 11.6 Å². The predicted octanol–water partition coefficient (Wildman–Crippen LogP) is 1.43. The molecule has 0 amide bonds. The molecule has 55 heavy (non-hydrogen) atoms. The van der Waals surface area contributed by atoms with Crippen molar-refractivity contribution >= 4 is 82.5 Å². The number of nitrogens with zero attached hydrogens (tertiary/aromatic N) is 5. The predicted molar refractivity (Wildman–Crippen MR) is 184 cm³/mol. The number of hydrogen-bond donors (Lipinski definition) is 0. The molecule has 0 spiro atoms. The van der Waals surface area contributed by atoms with Crippen molar-refractivity contribution in [1.82, 2.24) is 0 Å². The zero-order chi connectivity index (χ0) is 37.2. The number of azo groups is 2. The van der Waals surface area contributed by atoms with Crippen molar-refractivity contribution < 1.29 is 115 Å². The third-order valence-electron chi connectivity index (χ3n) is 7.67. The molecule has 0 saturated heterocycles. The van der Waals surface area contributed by atoms with Crippen LogP contribution in [0.4, 0.5) is 28.4 Å². The summed E-state index contributed by atoms with van der Waals surface area (Å²) in [6.07, 6.45) is 0. The molecule has 0 saturated carbocycles. The molecule has 7 aromatic rings. The Hall–Kier alpha value is -4.15. The Morgan fingerprint density at radius 3 is 1.47 bits per heavy atom. The van der Waals surface area contributed by atoms with E-state index in [-0.39, 0.29) is 127 Å². The minimum absolute atomic E-state index is 0. The van der Waals surface area contributed by atoms with E-state index < -0.39 is 37.1 Å². The molecular weight excluding hydrogens is 812 g/mol. The van der Waals surface area contributed by atoms with Gasteiger partial charge >= 0.3 is 76.5 Å². The van der Waals surface area contributed by atoms with Crippen LogP contribution < -0.4 is 79.5 Å². The van der Waals surface area contributed by atoms with Crippen LogP contribution in [0.5, 0.6) is 23.0 Å². The summed E-state index contributed by atoms with van der Waals surface area (Å²) in [5.41, 5.74) is -0.673. The third-order valence-corrected chi connectivity index (χ3v) is 8.85. The van der Waals surface area contributed by atoms with E-state index in [1.807, 2.05) is 24.3 Å². The topological polar surface area (TPSA) is 242 Å². The van der Waals surface area contributed by atoms with Crippen LogP contribution in [-0.4, -0.2) is 17.9 Å². The Morgan fingerprint density at radius 1 is 0.545 bits per heavy atom. The summed E-state index contributed by atoms with van der Waals surface area (Å²) in [6.45, 7) is 0. The van der Waals surface area contributed by atoms with E-state index in [9.17, 15) is 43.5 Å². The van der Waals surface area contributed by atoms with Crippen LogP contribution in [0.2, 0.25) is 5.02 Å². The monoisotopic (exact) mass is 830 g/mol. The van der Waals surface area contributed by atoms with Crippen LogP contribution in [0.15, 0.2) is 141 Å². The van der Waals surface area contributed by atoms with Crippen LogP contribution in [0.1, 0.15) is 0 Å². The molecule has 14 nitrogen and oxygen atoms in total. The standard InChI is InChI=1S/C20H14N2O5S.C16H10ClN3O4.Cr.2Na/c23-16-10-9-12-5-1-2-6-13(12)19(16)21-22-20-15-8-4-3-7-14(15)18(11-17(20)24)28(25,26)27;17-11-7-12(15(22)8-13(11)20(23)24)18-19-16-10-4-2-1-3-9(10)5-6-14(16)21;;;/h1-11,23-24H,(H,25,26,27);1-8,21-22H;;;/q;;+3;2*+1/p-5. The summed E-state index contributed by atoms with van der Waals surface area (Å²) in [5, 5.41) is 77.6. The average Bonchev–Trinajstić information content (AvgIpc) is 3.12. The van der Waals surface area contributed by atoms with Gasteiger partial charge in [-0.1, -0.05) is 132 Å². The zero-order valence-corrected chi connectivity index (χ0v) is 35.4. The molecule has 0 aliphatic carbocycles. The molecule has 7 aromatic carbocycles.